The number of nitrogens with two attached hydrogens (primary N) is 1. The minimum Gasteiger partial charge on any atom is -0.382 e. The van der Waals surface area contributed by atoms with Crippen molar-refractivity contribution in [2.45, 2.75) is 0 Å². The number of hydrogen-bond acceptors (Lipinski definition) is 3. The van der Waals surface area contributed by atoms with E-state index in [2.05, 4.69) is 9.97 Å². The number of halogens is 2. The van der Waals surface area contributed by atoms with Crippen molar-refractivity contribution in [3.63, 3.8) is 0 Å². The highest BCUT2D eigenvalue weighted by Crippen LogP contribution is 2.32. The fraction of sp³-hybridized carbons (Fsp3) is 0. The first-order chi connectivity index (χ1) is 7.18. The summed E-state index contributed by atoms with van der Waals surface area (Å²) in [4.78, 5) is 8.05. The summed E-state index contributed by atoms with van der Waals surface area (Å²) < 4.78 is 0. The van der Waals surface area contributed by atoms with Gasteiger partial charge in [-0.25, -0.2) is 4.98 Å². The summed E-state index contributed by atoms with van der Waals surface area (Å²) in [5.74, 6) is 0.363. The highest BCUT2D eigenvalue weighted by Gasteiger charge is 2.09. The highest BCUT2D eigenvalue weighted by molar-refractivity contribution is 6.39. The van der Waals surface area contributed by atoms with Crippen molar-refractivity contribution in [1.29, 1.82) is 0 Å². The van der Waals surface area contributed by atoms with Crippen LogP contribution in [0.4, 0.5) is 5.82 Å². The van der Waals surface area contributed by atoms with Crippen LogP contribution in [0.2, 0.25) is 10.0 Å². The molecule has 0 unspecified atom stereocenters. The smallest absolute Gasteiger partial charge is 0.141 e. The lowest BCUT2D eigenvalue weighted by atomic mass is 10.1. The van der Waals surface area contributed by atoms with Crippen molar-refractivity contribution < 1.29 is 0 Å². The van der Waals surface area contributed by atoms with Crippen LogP contribution in [0.1, 0.15) is 0 Å². The summed E-state index contributed by atoms with van der Waals surface area (Å²) in [6, 6.07) is 5.28. The summed E-state index contributed by atoms with van der Waals surface area (Å²) in [7, 11) is 0. The molecule has 1 aromatic heterocycles. The molecule has 2 rings (SSSR count). The molecule has 0 radical (unpaired) electrons. The third-order valence-electron chi connectivity index (χ3n) is 1.89. The van der Waals surface area contributed by atoms with Gasteiger partial charge in [0.1, 0.15) is 5.82 Å². The van der Waals surface area contributed by atoms with Crippen molar-refractivity contribution in [2.75, 3.05) is 5.73 Å². The highest BCUT2D eigenvalue weighted by atomic mass is 35.5. The minimum atomic E-state index is 0.363. The third-order valence-corrected chi connectivity index (χ3v) is 2.52. The van der Waals surface area contributed by atoms with E-state index in [1.807, 2.05) is 0 Å². The van der Waals surface area contributed by atoms with Crippen molar-refractivity contribution >= 4 is 29.0 Å². The minimum absolute atomic E-state index is 0.363. The Morgan fingerprint density at radius 3 is 2.20 bits per heavy atom. The Labute approximate surface area is 96.9 Å². The predicted octanol–water partition coefficient (Wildman–Crippen LogP) is 3.03. The van der Waals surface area contributed by atoms with Gasteiger partial charge in [0, 0.05) is 5.56 Å². The lowest BCUT2D eigenvalue weighted by Crippen LogP contribution is -1.93. The molecule has 1 heterocycles. The molecule has 0 aliphatic rings. The topological polar surface area (TPSA) is 51.8 Å². The molecule has 0 aliphatic heterocycles. The van der Waals surface area contributed by atoms with E-state index >= 15 is 0 Å². The molecule has 0 amide bonds. The Hall–Kier alpha value is -1.32. The summed E-state index contributed by atoms with van der Waals surface area (Å²) in [5.41, 5.74) is 6.73. The molecule has 0 bridgehead atoms. The first kappa shape index (κ1) is 10.2. The van der Waals surface area contributed by atoms with Gasteiger partial charge >= 0.3 is 0 Å². The fourth-order valence-corrected chi connectivity index (χ4v) is 1.80. The second kappa shape index (κ2) is 4.04. The standard InChI is InChI=1S/C10H7Cl2N3/c11-6-2-1-3-7(12)10(6)8-4-15-9(13)5-14-8/h1-5H,(H2,13,15). The summed E-state index contributed by atoms with van der Waals surface area (Å²) in [6.45, 7) is 0. The van der Waals surface area contributed by atoms with Crippen LogP contribution in [0.15, 0.2) is 30.6 Å². The monoisotopic (exact) mass is 239 g/mol. The zero-order valence-corrected chi connectivity index (χ0v) is 9.13. The lowest BCUT2D eigenvalue weighted by Gasteiger charge is -2.05. The lowest BCUT2D eigenvalue weighted by molar-refractivity contribution is 1.22. The number of nitrogen functional groups attached to an aromatic ring is 1. The second-order valence-electron chi connectivity index (χ2n) is 2.92. The van der Waals surface area contributed by atoms with Gasteiger partial charge in [-0.2, -0.15) is 0 Å². The third kappa shape index (κ3) is 2.03. The predicted molar refractivity (Wildman–Crippen MR) is 61.9 cm³/mol. The first-order valence-electron chi connectivity index (χ1n) is 4.20. The molecular weight excluding hydrogens is 233 g/mol. The van der Waals surface area contributed by atoms with Crippen molar-refractivity contribution in [2.24, 2.45) is 0 Å². The van der Waals surface area contributed by atoms with Crippen LogP contribution >= 0.6 is 23.2 Å². The van der Waals surface area contributed by atoms with Crippen molar-refractivity contribution in [3.8, 4) is 11.3 Å². The van der Waals surface area contributed by atoms with Crippen molar-refractivity contribution in [1.82, 2.24) is 9.97 Å². The van der Waals surface area contributed by atoms with Crippen LogP contribution < -0.4 is 5.73 Å². The molecule has 5 heteroatoms. The zero-order valence-electron chi connectivity index (χ0n) is 7.61. The van der Waals surface area contributed by atoms with E-state index in [0.717, 1.165) is 0 Å². The largest absolute Gasteiger partial charge is 0.382 e. The maximum Gasteiger partial charge on any atom is 0.141 e. The number of nitrogens with zero attached hydrogens (tertiary/aromatic N) is 2. The van der Waals surface area contributed by atoms with Gasteiger partial charge in [-0.05, 0) is 12.1 Å². The summed E-state index contributed by atoms with van der Waals surface area (Å²) >= 11 is 12.0. The molecule has 0 saturated carbocycles. The van der Waals surface area contributed by atoms with Crippen molar-refractivity contribution in [3.05, 3.63) is 40.6 Å². The van der Waals surface area contributed by atoms with Crippen LogP contribution in [0.5, 0.6) is 0 Å². The summed E-state index contributed by atoms with van der Waals surface area (Å²) in [5, 5.41) is 1.09. The molecule has 2 N–H and O–H groups in total. The van der Waals surface area contributed by atoms with Gasteiger partial charge in [-0.15, -0.1) is 0 Å². The number of rotatable bonds is 1. The van der Waals surface area contributed by atoms with Crippen LogP contribution in [-0.4, -0.2) is 9.97 Å². The van der Waals surface area contributed by atoms with Gasteiger partial charge in [-0.3, -0.25) is 4.98 Å². The molecule has 15 heavy (non-hydrogen) atoms. The van der Waals surface area contributed by atoms with E-state index in [0.29, 0.717) is 27.1 Å². The quantitative estimate of drug-likeness (QED) is 0.833. The molecule has 0 atom stereocenters. The van der Waals surface area contributed by atoms with E-state index in [1.54, 1.807) is 24.4 Å². The average Bonchev–Trinajstić information content (AvgIpc) is 2.20. The maximum absolute atomic E-state index is 6.02. The van der Waals surface area contributed by atoms with E-state index in [9.17, 15) is 0 Å². The second-order valence-corrected chi connectivity index (χ2v) is 3.74. The normalized spacial score (nSPS) is 10.3. The fourth-order valence-electron chi connectivity index (χ4n) is 1.21. The van der Waals surface area contributed by atoms with Gasteiger partial charge in [0.15, 0.2) is 0 Å². The average molecular weight is 240 g/mol. The molecule has 76 valence electrons. The Morgan fingerprint density at radius 1 is 1.00 bits per heavy atom. The van der Waals surface area contributed by atoms with E-state index in [-0.39, 0.29) is 0 Å². The molecule has 3 nitrogen and oxygen atoms in total. The maximum atomic E-state index is 6.02. The SMILES string of the molecule is Nc1cnc(-c2c(Cl)cccc2Cl)cn1. The summed E-state index contributed by atoms with van der Waals surface area (Å²) in [6.07, 6.45) is 3.01. The molecule has 0 aliphatic carbocycles. The Bertz CT molecular complexity index is 462. The molecular formula is C10H7Cl2N3. The Balaban J connectivity index is 2.58. The Kier molecular flexibility index (Phi) is 2.75. The van der Waals surface area contributed by atoms with E-state index in [1.165, 1.54) is 6.20 Å². The van der Waals surface area contributed by atoms with Crippen LogP contribution in [0.3, 0.4) is 0 Å². The first-order valence-corrected chi connectivity index (χ1v) is 4.96. The number of hydrogen-bond donors (Lipinski definition) is 1. The van der Waals surface area contributed by atoms with Gasteiger partial charge in [0.2, 0.25) is 0 Å². The molecule has 0 fully saturated rings. The van der Waals surface area contributed by atoms with Crippen LogP contribution in [0.25, 0.3) is 11.3 Å². The molecule has 1 aromatic carbocycles. The zero-order chi connectivity index (χ0) is 10.8. The van der Waals surface area contributed by atoms with Gasteiger partial charge in [0.05, 0.1) is 28.1 Å². The van der Waals surface area contributed by atoms with Gasteiger partial charge in [-0.1, -0.05) is 29.3 Å². The van der Waals surface area contributed by atoms with Crippen LogP contribution in [-0.2, 0) is 0 Å². The number of benzene rings is 1. The molecule has 0 saturated heterocycles. The van der Waals surface area contributed by atoms with Gasteiger partial charge in [0.25, 0.3) is 0 Å². The van der Waals surface area contributed by atoms with E-state index in [4.69, 9.17) is 28.9 Å². The number of anilines is 1. The number of aromatic nitrogens is 2. The van der Waals surface area contributed by atoms with E-state index < -0.39 is 0 Å². The molecule has 2 aromatic rings. The van der Waals surface area contributed by atoms with Crippen LogP contribution in [0, 0.1) is 0 Å². The van der Waals surface area contributed by atoms with Gasteiger partial charge < -0.3 is 5.73 Å². The Morgan fingerprint density at radius 2 is 1.67 bits per heavy atom. The molecule has 0 spiro atoms.